The van der Waals surface area contributed by atoms with Gasteiger partial charge in [-0.05, 0) is 36.2 Å². The van der Waals surface area contributed by atoms with Gasteiger partial charge in [0, 0.05) is 39.3 Å². The van der Waals surface area contributed by atoms with Crippen LogP contribution in [0.2, 0.25) is 0 Å². The molecule has 1 amide bonds. The number of carbonyl (C=O) groups is 1. The Balaban J connectivity index is 1.39. The molecule has 4 rings (SSSR count). The third-order valence-electron chi connectivity index (χ3n) is 5.39. The molecule has 2 aliphatic rings. The SMILES string of the molecule is CCCN1C(=O)COc2cc(CN3CCN(c4ccccc4F)CC3)ccc21. The van der Waals surface area contributed by atoms with Gasteiger partial charge in [-0.25, -0.2) is 4.39 Å². The smallest absolute Gasteiger partial charge is 0.265 e. The molecule has 1 saturated heterocycles. The number of hydrogen-bond donors (Lipinski definition) is 0. The number of carbonyl (C=O) groups excluding carboxylic acids is 1. The molecule has 2 heterocycles. The van der Waals surface area contributed by atoms with Gasteiger partial charge in [-0.1, -0.05) is 25.1 Å². The maximum absolute atomic E-state index is 14.0. The van der Waals surface area contributed by atoms with Gasteiger partial charge in [-0.2, -0.15) is 0 Å². The van der Waals surface area contributed by atoms with Gasteiger partial charge in [0.05, 0.1) is 11.4 Å². The summed E-state index contributed by atoms with van der Waals surface area (Å²) in [5.41, 5.74) is 2.72. The highest BCUT2D eigenvalue weighted by atomic mass is 19.1. The van der Waals surface area contributed by atoms with Crippen LogP contribution in [0.3, 0.4) is 0 Å². The van der Waals surface area contributed by atoms with Gasteiger partial charge in [0.2, 0.25) is 0 Å². The van der Waals surface area contributed by atoms with E-state index in [0.717, 1.165) is 50.6 Å². The molecule has 2 aromatic carbocycles. The predicted octanol–water partition coefficient (Wildman–Crippen LogP) is 3.28. The standard InChI is InChI=1S/C22H26FN3O2/c1-2-9-26-20-8-7-17(14-21(20)28-16-22(26)27)15-24-10-12-25(13-11-24)19-6-4-3-5-18(19)23/h3-8,14H,2,9-13,15-16H2,1H3. The minimum absolute atomic E-state index is 0.0198. The highest BCUT2D eigenvalue weighted by Gasteiger charge is 2.25. The van der Waals surface area contributed by atoms with Crippen LogP contribution in [0.5, 0.6) is 5.75 Å². The molecule has 2 aliphatic heterocycles. The van der Waals surface area contributed by atoms with Crippen molar-refractivity contribution in [2.75, 3.05) is 49.1 Å². The lowest BCUT2D eigenvalue weighted by Gasteiger charge is -2.36. The number of nitrogens with zero attached hydrogens (tertiary/aromatic N) is 3. The van der Waals surface area contributed by atoms with Crippen LogP contribution in [0.15, 0.2) is 42.5 Å². The normalized spacial score (nSPS) is 17.4. The quantitative estimate of drug-likeness (QED) is 0.794. The van der Waals surface area contributed by atoms with Crippen LogP contribution in [0.1, 0.15) is 18.9 Å². The van der Waals surface area contributed by atoms with E-state index in [4.69, 9.17) is 4.74 Å². The molecule has 0 atom stereocenters. The van der Waals surface area contributed by atoms with Gasteiger partial charge >= 0.3 is 0 Å². The molecule has 2 aromatic rings. The highest BCUT2D eigenvalue weighted by molar-refractivity contribution is 5.97. The van der Waals surface area contributed by atoms with E-state index in [1.54, 1.807) is 6.07 Å². The summed E-state index contributed by atoms with van der Waals surface area (Å²) in [5, 5.41) is 0. The lowest BCUT2D eigenvalue weighted by molar-refractivity contribution is -0.121. The number of hydrogen-bond acceptors (Lipinski definition) is 4. The molecule has 0 aliphatic carbocycles. The zero-order chi connectivity index (χ0) is 19.5. The van der Waals surface area contributed by atoms with Crippen LogP contribution in [0, 0.1) is 5.82 Å². The van der Waals surface area contributed by atoms with E-state index in [0.29, 0.717) is 12.2 Å². The fourth-order valence-electron chi connectivity index (χ4n) is 3.93. The van der Waals surface area contributed by atoms with Gasteiger partial charge in [-0.3, -0.25) is 9.69 Å². The largest absolute Gasteiger partial charge is 0.482 e. The van der Waals surface area contributed by atoms with Gasteiger partial charge in [0.15, 0.2) is 6.61 Å². The average molecular weight is 383 g/mol. The fourth-order valence-corrected chi connectivity index (χ4v) is 3.93. The van der Waals surface area contributed by atoms with Crippen molar-refractivity contribution in [3.05, 3.63) is 53.8 Å². The van der Waals surface area contributed by atoms with Crippen molar-refractivity contribution in [3.8, 4) is 5.75 Å². The first kappa shape index (κ1) is 18.7. The minimum Gasteiger partial charge on any atom is -0.482 e. The van der Waals surface area contributed by atoms with Crippen LogP contribution >= 0.6 is 0 Å². The predicted molar refractivity (Wildman–Crippen MR) is 108 cm³/mol. The molecular formula is C22H26FN3O2. The Morgan fingerprint density at radius 2 is 1.82 bits per heavy atom. The highest BCUT2D eigenvalue weighted by Crippen LogP contribution is 2.33. The molecule has 148 valence electrons. The molecule has 1 fully saturated rings. The van der Waals surface area contributed by atoms with E-state index in [1.807, 2.05) is 29.2 Å². The molecular weight excluding hydrogens is 357 g/mol. The zero-order valence-electron chi connectivity index (χ0n) is 16.2. The van der Waals surface area contributed by atoms with Crippen LogP contribution in [0.4, 0.5) is 15.8 Å². The first-order chi connectivity index (χ1) is 13.7. The molecule has 6 heteroatoms. The number of benzene rings is 2. The molecule has 0 radical (unpaired) electrons. The summed E-state index contributed by atoms with van der Waals surface area (Å²) in [5.74, 6) is 0.649. The second kappa shape index (κ2) is 8.19. The van der Waals surface area contributed by atoms with Crippen molar-refractivity contribution in [1.82, 2.24) is 4.90 Å². The van der Waals surface area contributed by atoms with Crippen molar-refractivity contribution < 1.29 is 13.9 Å². The van der Waals surface area contributed by atoms with Crippen molar-refractivity contribution in [2.24, 2.45) is 0 Å². The number of rotatable bonds is 5. The van der Waals surface area contributed by atoms with E-state index in [1.165, 1.54) is 11.6 Å². The molecule has 0 N–H and O–H groups in total. The number of fused-ring (bicyclic) bond motifs is 1. The maximum Gasteiger partial charge on any atom is 0.265 e. The summed E-state index contributed by atoms with van der Waals surface area (Å²) < 4.78 is 19.7. The fraction of sp³-hybridized carbons (Fsp3) is 0.409. The first-order valence-electron chi connectivity index (χ1n) is 9.93. The Morgan fingerprint density at radius 1 is 1.04 bits per heavy atom. The summed E-state index contributed by atoms with van der Waals surface area (Å²) >= 11 is 0. The van der Waals surface area contributed by atoms with Gasteiger partial charge < -0.3 is 14.5 Å². The summed E-state index contributed by atoms with van der Waals surface area (Å²) in [4.78, 5) is 18.4. The monoisotopic (exact) mass is 383 g/mol. The maximum atomic E-state index is 14.0. The Morgan fingerprint density at radius 3 is 2.57 bits per heavy atom. The van der Waals surface area contributed by atoms with E-state index in [-0.39, 0.29) is 18.3 Å². The molecule has 0 aromatic heterocycles. The van der Waals surface area contributed by atoms with Gasteiger partial charge in [-0.15, -0.1) is 0 Å². The van der Waals surface area contributed by atoms with Gasteiger partial charge in [0.25, 0.3) is 5.91 Å². The number of anilines is 2. The Hall–Kier alpha value is -2.60. The Bertz CT molecular complexity index is 849. The van der Waals surface area contributed by atoms with Crippen molar-refractivity contribution in [1.29, 1.82) is 0 Å². The number of piperazine rings is 1. The molecule has 0 unspecified atom stereocenters. The number of amides is 1. The Kier molecular flexibility index (Phi) is 5.48. The minimum atomic E-state index is -0.158. The lowest BCUT2D eigenvalue weighted by atomic mass is 10.1. The zero-order valence-corrected chi connectivity index (χ0v) is 16.2. The van der Waals surface area contributed by atoms with Crippen molar-refractivity contribution >= 4 is 17.3 Å². The van der Waals surface area contributed by atoms with Crippen LogP contribution < -0.4 is 14.5 Å². The summed E-state index contributed by atoms with van der Waals surface area (Å²) in [7, 11) is 0. The number of para-hydroxylation sites is 1. The molecule has 28 heavy (non-hydrogen) atoms. The van der Waals surface area contributed by atoms with Crippen LogP contribution in [-0.4, -0.2) is 50.1 Å². The van der Waals surface area contributed by atoms with Crippen molar-refractivity contribution in [2.45, 2.75) is 19.9 Å². The molecule has 0 bridgehead atoms. The molecule has 0 saturated carbocycles. The average Bonchev–Trinajstić information content (AvgIpc) is 2.71. The summed E-state index contributed by atoms with van der Waals surface area (Å²) in [6.07, 6.45) is 0.916. The molecule has 0 spiro atoms. The van der Waals surface area contributed by atoms with Crippen molar-refractivity contribution in [3.63, 3.8) is 0 Å². The second-order valence-corrected chi connectivity index (χ2v) is 7.35. The van der Waals surface area contributed by atoms with E-state index in [2.05, 4.69) is 22.8 Å². The topological polar surface area (TPSA) is 36.0 Å². The number of ether oxygens (including phenoxy) is 1. The van der Waals surface area contributed by atoms with E-state index >= 15 is 0 Å². The van der Waals surface area contributed by atoms with E-state index < -0.39 is 0 Å². The summed E-state index contributed by atoms with van der Waals surface area (Å²) in [6, 6.07) is 13.1. The first-order valence-corrected chi connectivity index (χ1v) is 9.93. The third-order valence-corrected chi connectivity index (χ3v) is 5.39. The van der Waals surface area contributed by atoms with Crippen LogP contribution in [0.25, 0.3) is 0 Å². The third kappa shape index (κ3) is 3.83. The van der Waals surface area contributed by atoms with E-state index in [9.17, 15) is 9.18 Å². The van der Waals surface area contributed by atoms with Crippen LogP contribution in [-0.2, 0) is 11.3 Å². The summed E-state index contributed by atoms with van der Waals surface area (Å²) in [6.45, 7) is 7.09. The Labute approximate surface area is 165 Å². The van der Waals surface area contributed by atoms with Gasteiger partial charge in [0.1, 0.15) is 11.6 Å². The second-order valence-electron chi connectivity index (χ2n) is 7.35. The lowest BCUT2D eigenvalue weighted by Crippen LogP contribution is -2.46. The molecule has 5 nitrogen and oxygen atoms in total. The number of halogens is 1.